The molecule has 0 aliphatic heterocycles. The Balaban J connectivity index is 2.66. The molecular formula is C44H70N6O15. The highest BCUT2D eigenvalue weighted by atomic mass is 16.6. The summed E-state index contributed by atoms with van der Waals surface area (Å²) < 4.78 is 33.4. The van der Waals surface area contributed by atoms with Crippen LogP contribution >= 0.6 is 0 Å². The number of nitrogens with one attached hydrogen (secondary N) is 3. The molecule has 0 saturated carbocycles. The lowest BCUT2D eigenvalue weighted by atomic mass is 10.2. The zero-order valence-corrected chi connectivity index (χ0v) is 38.5. The van der Waals surface area contributed by atoms with Crippen molar-refractivity contribution in [2.24, 2.45) is 0 Å². The van der Waals surface area contributed by atoms with E-state index in [-0.39, 0.29) is 101 Å². The van der Waals surface area contributed by atoms with Gasteiger partial charge >= 0.3 is 41.1 Å². The minimum Gasteiger partial charge on any atom is -0.460 e. The van der Waals surface area contributed by atoms with Crippen LogP contribution in [0.2, 0.25) is 0 Å². The van der Waals surface area contributed by atoms with Crippen LogP contribution in [0.5, 0.6) is 0 Å². The van der Waals surface area contributed by atoms with Gasteiger partial charge in [0.1, 0.15) is 39.6 Å². The lowest BCUT2D eigenvalue weighted by Gasteiger charge is -2.14. The molecule has 1 aromatic heterocycles. The number of esters is 3. The Labute approximate surface area is 379 Å². The molecule has 0 aromatic carbocycles. The maximum absolute atomic E-state index is 13.5. The normalized spacial score (nSPS) is 10.7. The minimum absolute atomic E-state index is 0.00662. The van der Waals surface area contributed by atoms with Gasteiger partial charge in [-0.25, -0.2) is 47.3 Å². The van der Waals surface area contributed by atoms with Gasteiger partial charge in [-0.2, -0.15) is 0 Å². The number of alkyl carbamates (subject to hydrolysis) is 1. The number of carbonyl (C=O) groups is 6. The summed E-state index contributed by atoms with van der Waals surface area (Å²) in [4.78, 5) is 111. The standard InChI is InChI=1S/C44H70N6O15/c1-33(2)38(53)62-27-25-60-31-36(51)45-19-13-7-10-16-22-48-42(57)49(23-17-11-8-14-20-46-37(52)32-61-26-28-63-39(54)34(3)4)44(59)50(43(48)58)24-18-12-9-15-21-47-41(56)65-30-29-64-40(55)35(5)6/h1,3,5,7-32H2,2,4,6H3,(H,45,51)(H,46,52)(H,47,56). The van der Waals surface area contributed by atoms with Crippen LogP contribution in [-0.4, -0.2) is 122 Å². The van der Waals surface area contributed by atoms with Gasteiger partial charge in [0.25, 0.3) is 0 Å². The number of hydrogen-bond acceptors (Lipinski definition) is 15. The van der Waals surface area contributed by atoms with E-state index < -0.39 is 41.1 Å². The molecule has 0 bridgehead atoms. The van der Waals surface area contributed by atoms with E-state index in [9.17, 15) is 43.2 Å². The first kappa shape index (κ1) is 57.2. The van der Waals surface area contributed by atoms with Gasteiger partial charge in [0, 0.05) is 56.0 Å². The van der Waals surface area contributed by atoms with Crippen molar-refractivity contribution in [3.63, 3.8) is 0 Å². The molecule has 3 N–H and O–H groups in total. The van der Waals surface area contributed by atoms with Crippen molar-refractivity contribution in [2.75, 3.05) is 72.5 Å². The van der Waals surface area contributed by atoms with Crippen LogP contribution in [-0.2, 0) is 72.0 Å². The molecule has 0 saturated heterocycles. The third kappa shape index (κ3) is 26.5. The lowest BCUT2D eigenvalue weighted by Crippen LogP contribution is -2.54. The molecule has 21 nitrogen and oxygen atoms in total. The zero-order chi connectivity index (χ0) is 48.4. The maximum atomic E-state index is 13.5. The molecule has 1 heterocycles. The second kappa shape index (κ2) is 34.6. The summed E-state index contributed by atoms with van der Waals surface area (Å²) >= 11 is 0. The highest BCUT2D eigenvalue weighted by molar-refractivity contribution is 5.87. The largest absolute Gasteiger partial charge is 0.460 e. The van der Waals surface area contributed by atoms with Crippen LogP contribution in [0.3, 0.4) is 0 Å². The van der Waals surface area contributed by atoms with Gasteiger partial charge in [-0.1, -0.05) is 58.3 Å². The predicted molar refractivity (Wildman–Crippen MR) is 239 cm³/mol. The molecule has 0 atom stereocenters. The molecule has 3 amide bonds. The SMILES string of the molecule is C=C(C)C(=O)OCCOCC(=O)NCCCCCCn1c(=O)n(CCCCCCNC(=O)COCCOC(=O)C(=C)C)c(=O)n(CCCCCCNC(=O)OCCOC(=O)C(=C)C)c1=O. The summed E-state index contributed by atoms with van der Waals surface area (Å²) in [7, 11) is 0. The molecule has 0 aliphatic rings. The number of aromatic nitrogens is 3. The third-order valence-corrected chi connectivity index (χ3v) is 9.21. The number of unbranched alkanes of at least 4 members (excludes halogenated alkanes) is 9. The number of amides is 3. The van der Waals surface area contributed by atoms with Crippen LogP contribution in [0.25, 0.3) is 0 Å². The highest BCUT2D eigenvalue weighted by Gasteiger charge is 2.16. The van der Waals surface area contributed by atoms with Crippen molar-refractivity contribution in [3.05, 3.63) is 67.9 Å². The number of nitrogens with zero attached hydrogens (tertiary/aromatic N) is 3. The van der Waals surface area contributed by atoms with Crippen molar-refractivity contribution < 1.29 is 57.2 Å². The summed E-state index contributed by atoms with van der Waals surface area (Å²) in [6, 6.07) is 0. The summed E-state index contributed by atoms with van der Waals surface area (Å²) in [6.45, 7) is 16.0. The average Bonchev–Trinajstić information content (AvgIpc) is 3.26. The van der Waals surface area contributed by atoms with E-state index in [1.54, 1.807) is 0 Å². The lowest BCUT2D eigenvalue weighted by molar-refractivity contribution is -0.142. The Morgan fingerprint density at radius 2 is 0.708 bits per heavy atom. The van der Waals surface area contributed by atoms with Gasteiger partial charge in [-0.15, -0.1) is 0 Å². The fourth-order valence-electron chi connectivity index (χ4n) is 5.66. The topological polar surface area (TPSA) is 260 Å². The van der Waals surface area contributed by atoms with Crippen molar-refractivity contribution in [2.45, 2.75) is 117 Å². The monoisotopic (exact) mass is 922 g/mol. The minimum atomic E-state index is -0.677. The zero-order valence-electron chi connectivity index (χ0n) is 38.5. The fraction of sp³-hybridized carbons (Fsp3) is 0.659. The van der Waals surface area contributed by atoms with E-state index in [4.69, 9.17) is 28.4 Å². The molecular weight excluding hydrogens is 853 g/mol. The Morgan fingerprint density at radius 1 is 0.415 bits per heavy atom. The average molecular weight is 923 g/mol. The number of hydrogen-bond donors (Lipinski definition) is 3. The van der Waals surface area contributed by atoms with E-state index in [2.05, 4.69) is 35.7 Å². The van der Waals surface area contributed by atoms with Crippen molar-refractivity contribution in [3.8, 4) is 0 Å². The van der Waals surface area contributed by atoms with E-state index in [1.165, 1.54) is 20.8 Å². The Hall–Kier alpha value is -5.83. The highest BCUT2D eigenvalue weighted by Crippen LogP contribution is 2.04. The molecule has 0 unspecified atom stereocenters. The van der Waals surface area contributed by atoms with E-state index >= 15 is 0 Å². The van der Waals surface area contributed by atoms with Gasteiger partial charge in [0.05, 0.1) is 13.2 Å². The van der Waals surface area contributed by atoms with Gasteiger partial charge < -0.3 is 44.4 Å². The smallest absolute Gasteiger partial charge is 0.407 e. The van der Waals surface area contributed by atoms with Crippen LogP contribution < -0.4 is 33.0 Å². The van der Waals surface area contributed by atoms with Gasteiger partial charge in [-0.3, -0.25) is 9.59 Å². The summed E-state index contributed by atoms with van der Waals surface area (Å²) in [5.41, 5.74) is -1.25. The van der Waals surface area contributed by atoms with Crippen LogP contribution in [0.4, 0.5) is 4.79 Å². The summed E-state index contributed by atoms with van der Waals surface area (Å²) in [6.07, 6.45) is 6.75. The van der Waals surface area contributed by atoms with Crippen molar-refractivity contribution >= 4 is 35.8 Å². The van der Waals surface area contributed by atoms with Crippen molar-refractivity contribution in [1.29, 1.82) is 0 Å². The van der Waals surface area contributed by atoms with E-state index in [1.807, 2.05) is 0 Å². The van der Waals surface area contributed by atoms with Crippen LogP contribution in [0, 0.1) is 0 Å². The molecule has 0 fully saturated rings. The first-order valence-corrected chi connectivity index (χ1v) is 22.1. The van der Waals surface area contributed by atoms with E-state index in [0.29, 0.717) is 96.7 Å². The molecule has 65 heavy (non-hydrogen) atoms. The predicted octanol–water partition coefficient (Wildman–Crippen LogP) is 2.20. The molecule has 0 aliphatic carbocycles. The molecule has 366 valence electrons. The van der Waals surface area contributed by atoms with Crippen LogP contribution in [0.1, 0.15) is 97.8 Å². The van der Waals surface area contributed by atoms with Crippen LogP contribution in [0.15, 0.2) is 50.8 Å². The van der Waals surface area contributed by atoms with Gasteiger partial charge in [0.15, 0.2) is 0 Å². The Morgan fingerprint density at radius 3 is 1.05 bits per heavy atom. The second-order valence-corrected chi connectivity index (χ2v) is 15.2. The molecule has 1 rings (SSSR count). The Bertz CT molecular complexity index is 1800. The number of rotatable bonds is 37. The quantitative estimate of drug-likeness (QED) is 0.0374. The first-order chi connectivity index (χ1) is 31.1. The van der Waals surface area contributed by atoms with E-state index in [0.717, 1.165) is 13.7 Å². The maximum Gasteiger partial charge on any atom is 0.407 e. The van der Waals surface area contributed by atoms with Gasteiger partial charge in [0.2, 0.25) is 11.8 Å². The fourth-order valence-corrected chi connectivity index (χ4v) is 5.66. The molecule has 21 heteroatoms. The first-order valence-electron chi connectivity index (χ1n) is 22.1. The Kier molecular flexibility index (Phi) is 30.4. The summed E-state index contributed by atoms with van der Waals surface area (Å²) in [5, 5.41) is 8.11. The summed E-state index contributed by atoms with van der Waals surface area (Å²) in [5.74, 6) is -2.26. The van der Waals surface area contributed by atoms with Crippen molar-refractivity contribution in [1.82, 2.24) is 29.7 Å². The molecule has 0 spiro atoms. The second-order valence-electron chi connectivity index (χ2n) is 15.2. The third-order valence-electron chi connectivity index (χ3n) is 9.21. The number of carbonyl (C=O) groups excluding carboxylic acids is 6. The molecule has 0 radical (unpaired) electrons. The van der Waals surface area contributed by atoms with Gasteiger partial charge in [-0.05, 0) is 59.3 Å². The number of ether oxygens (including phenoxy) is 6. The molecule has 1 aromatic rings.